The Hall–Kier alpha value is -1.69. The highest BCUT2D eigenvalue weighted by atomic mass is 32.2. The van der Waals surface area contributed by atoms with Crippen molar-refractivity contribution in [2.45, 2.75) is 33.2 Å². The SMILES string of the molecule is CSCCC(NC(=O)COc1ccccc1)C(=O)NCC(C)(C)C. The van der Waals surface area contributed by atoms with E-state index in [0.29, 0.717) is 18.7 Å². The fraction of sp³-hybridized carbons (Fsp3) is 0.556. The number of ether oxygens (including phenoxy) is 1. The molecule has 2 amide bonds. The van der Waals surface area contributed by atoms with E-state index in [2.05, 4.69) is 31.4 Å². The fourth-order valence-corrected chi connectivity index (χ4v) is 2.35. The quantitative estimate of drug-likeness (QED) is 0.716. The van der Waals surface area contributed by atoms with Crippen LogP contribution in [0.1, 0.15) is 27.2 Å². The molecule has 0 heterocycles. The van der Waals surface area contributed by atoms with E-state index in [4.69, 9.17) is 4.74 Å². The highest BCUT2D eigenvalue weighted by molar-refractivity contribution is 7.98. The Labute approximate surface area is 148 Å². The van der Waals surface area contributed by atoms with E-state index in [1.165, 1.54) is 0 Å². The van der Waals surface area contributed by atoms with Gasteiger partial charge in [0, 0.05) is 6.54 Å². The van der Waals surface area contributed by atoms with Crippen LogP contribution in [0.5, 0.6) is 5.75 Å². The van der Waals surface area contributed by atoms with Crippen LogP contribution < -0.4 is 15.4 Å². The molecule has 0 radical (unpaired) electrons. The Morgan fingerprint density at radius 3 is 2.46 bits per heavy atom. The number of para-hydroxylation sites is 1. The highest BCUT2D eigenvalue weighted by Crippen LogP contribution is 2.11. The first kappa shape index (κ1) is 20.4. The van der Waals surface area contributed by atoms with Gasteiger partial charge in [-0.3, -0.25) is 9.59 Å². The summed E-state index contributed by atoms with van der Waals surface area (Å²) in [6.07, 6.45) is 2.57. The molecule has 0 aliphatic heterocycles. The van der Waals surface area contributed by atoms with Crippen LogP contribution >= 0.6 is 11.8 Å². The molecule has 0 bridgehead atoms. The molecule has 1 aromatic rings. The van der Waals surface area contributed by atoms with E-state index in [1.54, 1.807) is 23.9 Å². The molecular weight excluding hydrogens is 324 g/mol. The van der Waals surface area contributed by atoms with Gasteiger partial charge < -0.3 is 15.4 Å². The second kappa shape index (κ2) is 10.2. The van der Waals surface area contributed by atoms with Gasteiger partial charge in [-0.2, -0.15) is 11.8 Å². The molecule has 0 aliphatic rings. The van der Waals surface area contributed by atoms with Crippen molar-refractivity contribution in [3.05, 3.63) is 30.3 Å². The van der Waals surface area contributed by atoms with E-state index >= 15 is 0 Å². The Kier molecular flexibility index (Phi) is 8.68. The predicted molar refractivity (Wildman–Crippen MR) is 99.3 cm³/mol. The standard InChI is InChI=1S/C18H28N2O3S/c1-18(2,3)13-19-17(22)15(10-11-24-4)20-16(21)12-23-14-8-6-5-7-9-14/h5-9,15H,10-13H2,1-4H3,(H,19,22)(H,20,21). The summed E-state index contributed by atoms with van der Waals surface area (Å²) in [5, 5.41) is 5.68. The normalized spacial score (nSPS) is 12.3. The maximum atomic E-state index is 12.3. The van der Waals surface area contributed by atoms with Crippen LogP contribution in [0.4, 0.5) is 0 Å². The number of thioether (sulfide) groups is 1. The molecule has 1 rings (SSSR count). The molecule has 1 atom stereocenters. The minimum Gasteiger partial charge on any atom is -0.484 e. The van der Waals surface area contributed by atoms with Gasteiger partial charge in [0.15, 0.2) is 6.61 Å². The van der Waals surface area contributed by atoms with Crippen molar-refractivity contribution in [3.63, 3.8) is 0 Å². The smallest absolute Gasteiger partial charge is 0.258 e. The summed E-state index contributed by atoms with van der Waals surface area (Å²) in [4.78, 5) is 24.4. The molecule has 1 aromatic carbocycles. The summed E-state index contributed by atoms with van der Waals surface area (Å²) >= 11 is 1.65. The van der Waals surface area contributed by atoms with Crippen molar-refractivity contribution in [2.75, 3.05) is 25.2 Å². The summed E-state index contributed by atoms with van der Waals surface area (Å²) < 4.78 is 5.42. The lowest BCUT2D eigenvalue weighted by atomic mass is 9.97. The molecular formula is C18H28N2O3S. The van der Waals surface area contributed by atoms with Crippen molar-refractivity contribution in [1.29, 1.82) is 0 Å². The molecule has 0 spiro atoms. The zero-order valence-electron chi connectivity index (χ0n) is 14.9. The fourth-order valence-electron chi connectivity index (χ4n) is 1.88. The molecule has 0 fully saturated rings. The largest absolute Gasteiger partial charge is 0.484 e. The molecule has 2 N–H and O–H groups in total. The third-order valence-corrected chi connectivity index (χ3v) is 3.81. The molecule has 134 valence electrons. The molecule has 0 saturated carbocycles. The van der Waals surface area contributed by atoms with Gasteiger partial charge in [0.2, 0.25) is 5.91 Å². The summed E-state index contributed by atoms with van der Waals surface area (Å²) in [7, 11) is 0. The predicted octanol–water partition coefficient (Wildman–Crippen LogP) is 2.47. The van der Waals surface area contributed by atoms with E-state index in [9.17, 15) is 9.59 Å². The second-order valence-electron chi connectivity index (χ2n) is 6.78. The van der Waals surface area contributed by atoms with Crippen molar-refractivity contribution >= 4 is 23.6 Å². The van der Waals surface area contributed by atoms with Gasteiger partial charge in [0.25, 0.3) is 5.91 Å². The number of nitrogens with one attached hydrogen (secondary N) is 2. The van der Waals surface area contributed by atoms with Gasteiger partial charge in [-0.1, -0.05) is 39.0 Å². The van der Waals surface area contributed by atoms with Gasteiger partial charge in [-0.05, 0) is 36.0 Å². The number of amides is 2. The van der Waals surface area contributed by atoms with Crippen molar-refractivity contribution in [3.8, 4) is 5.75 Å². The molecule has 5 nitrogen and oxygen atoms in total. The van der Waals surface area contributed by atoms with Gasteiger partial charge in [0.05, 0.1) is 0 Å². The van der Waals surface area contributed by atoms with E-state index in [0.717, 1.165) is 5.75 Å². The summed E-state index contributed by atoms with van der Waals surface area (Å²) in [5.74, 6) is 0.987. The first-order valence-electron chi connectivity index (χ1n) is 8.05. The van der Waals surface area contributed by atoms with Crippen LogP contribution in [0.2, 0.25) is 0 Å². The Morgan fingerprint density at radius 2 is 1.88 bits per heavy atom. The number of benzene rings is 1. The van der Waals surface area contributed by atoms with Crippen LogP contribution in [0.25, 0.3) is 0 Å². The first-order chi connectivity index (χ1) is 11.3. The zero-order valence-corrected chi connectivity index (χ0v) is 15.7. The van der Waals surface area contributed by atoms with Crippen LogP contribution in [-0.4, -0.2) is 43.0 Å². The van der Waals surface area contributed by atoms with E-state index in [1.807, 2.05) is 24.5 Å². The minimum absolute atomic E-state index is 0.000144. The van der Waals surface area contributed by atoms with Crippen LogP contribution in [-0.2, 0) is 9.59 Å². The second-order valence-corrected chi connectivity index (χ2v) is 7.77. The third-order valence-electron chi connectivity index (χ3n) is 3.17. The number of hydrogen-bond donors (Lipinski definition) is 2. The topological polar surface area (TPSA) is 67.4 Å². The Morgan fingerprint density at radius 1 is 1.21 bits per heavy atom. The summed E-state index contributed by atoms with van der Waals surface area (Å²) in [6, 6.07) is 8.60. The Bertz CT molecular complexity index is 515. The summed E-state index contributed by atoms with van der Waals surface area (Å²) in [5.41, 5.74) is 0.000144. The average molecular weight is 353 g/mol. The molecule has 1 unspecified atom stereocenters. The first-order valence-corrected chi connectivity index (χ1v) is 9.45. The maximum Gasteiger partial charge on any atom is 0.258 e. The zero-order chi connectivity index (χ0) is 18.0. The molecule has 24 heavy (non-hydrogen) atoms. The van der Waals surface area contributed by atoms with Gasteiger partial charge in [0.1, 0.15) is 11.8 Å². The molecule has 0 aromatic heterocycles. The molecule has 0 aliphatic carbocycles. The molecule has 0 saturated heterocycles. The van der Waals surface area contributed by atoms with Gasteiger partial charge >= 0.3 is 0 Å². The maximum absolute atomic E-state index is 12.3. The lowest BCUT2D eigenvalue weighted by Crippen LogP contribution is -2.49. The number of carbonyl (C=O) groups is 2. The van der Waals surface area contributed by atoms with Gasteiger partial charge in [-0.15, -0.1) is 0 Å². The highest BCUT2D eigenvalue weighted by Gasteiger charge is 2.22. The lowest BCUT2D eigenvalue weighted by molar-refractivity contribution is -0.130. The lowest BCUT2D eigenvalue weighted by Gasteiger charge is -2.23. The third kappa shape index (κ3) is 8.82. The van der Waals surface area contributed by atoms with Crippen LogP contribution in [0, 0.1) is 5.41 Å². The van der Waals surface area contributed by atoms with Gasteiger partial charge in [-0.25, -0.2) is 0 Å². The number of hydrogen-bond acceptors (Lipinski definition) is 4. The molecule has 6 heteroatoms. The average Bonchev–Trinajstić information content (AvgIpc) is 2.54. The minimum atomic E-state index is -0.535. The number of carbonyl (C=O) groups excluding carboxylic acids is 2. The van der Waals surface area contributed by atoms with Crippen LogP contribution in [0.15, 0.2) is 30.3 Å². The number of rotatable bonds is 9. The Balaban J connectivity index is 2.51. The van der Waals surface area contributed by atoms with Crippen molar-refractivity contribution in [1.82, 2.24) is 10.6 Å². The monoisotopic (exact) mass is 352 g/mol. The van der Waals surface area contributed by atoms with E-state index < -0.39 is 6.04 Å². The van der Waals surface area contributed by atoms with E-state index in [-0.39, 0.29) is 23.8 Å². The van der Waals surface area contributed by atoms with Crippen LogP contribution in [0.3, 0.4) is 0 Å². The van der Waals surface area contributed by atoms with Crippen molar-refractivity contribution in [2.24, 2.45) is 5.41 Å². The summed E-state index contributed by atoms with van der Waals surface area (Å²) in [6.45, 7) is 6.62. The van der Waals surface area contributed by atoms with Crippen molar-refractivity contribution < 1.29 is 14.3 Å².